The number of Topliss-reactive ketones (excluding diaryl/α,β-unsaturated/α-hetero) is 1. The van der Waals surface area contributed by atoms with Gasteiger partial charge in [-0.1, -0.05) is 12.1 Å². The molecular weight excluding hydrogens is 697 g/mol. The summed E-state index contributed by atoms with van der Waals surface area (Å²) in [6.07, 6.45) is -6.77. The number of phenolic OH excluding ortho intramolecular Hbond substituents is 2. The van der Waals surface area contributed by atoms with E-state index in [4.69, 9.17) is 14.2 Å². The van der Waals surface area contributed by atoms with Gasteiger partial charge in [0.2, 0.25) is 5.78 Å². The molecule has 0 bridgehead atoms. The van der Waals surface area contributed by atoms with Gasteiger partial charge in [0.25, 0.3) is 5.91 Å². The number of aromatic hydroxyl groups is 2. The van der Waals surface area contributed by atoms with E-state index in [1.807, 2.05) is 0 Å². The summed E-state index contributed by atoms with van der Waals surface area (Å²) in [5.74, 6) is -5.08. The van der Waals surface area contributed by atoms with Crippen LogP contribution in [0, 0.1) is 0 Å². The van der Waals surface area contributed by atoms with Gasteiger partial charge in [0, 0.05) is 41.5 Å². The van der Waals surface area contributed by atoms with Gasteiger partial charge in [0.05, 0.1) is 46.9 Å². The van der Waals surface area contributed by atoms with E-state index in [1.54, 1.807) is 0 Å². The molecule has 2 aliphatic carbocycles. The van der Waals surface area contributed by atoms with Crippen molar-refractivity contribution in [3.63, 3.8) is 0 Å². The Balaban J connectivity index is 1.36. The van der Waals surface area contributed by atoms with Crippen LogP contribution in [-0.4, -0.2) is 101 Å². The predicted octanol–water partition coefficient (Wildman–Crippen LogP) is 1.13. The number of nitrogens with one attached hydrogen (secondary N) is 1. The Labute approximate surface area is 289 Å². The van der Waals surface area contributed by atoms with E-state index in [-0.39, 0.29) is 40.0 Å². The Hall–Kier alpha value is -4.78. The topological polar surface area (TPSA) is 243 Å². The second kappa shape index (κ2) is 13.1. The van der Waals surface area contributed by atoms with E-state index in [2.05, 4.69) is 5.32 Å². The SMILES string of the molecule is COc1cccc2c1C(=O)c1c(O)c3c(c(O)c1C2=O)C[C@](O)(C(=O)CO)C[C@@H]3OC1CC(NC(=O)c2ccc(S(=O)(=O)F)cc2)C(O)C(C)O1. The van der Waals surface area contributed by atoms with Gasteiger partial charge >= 0.3 is 10.2 Å². The van der Waals surface area contributed by atoms with E-state index in [0.717, 1.165) is 24.3 Å². The number of methoxy groups -OCH3 is 1. The largest absolute Gasteiger partial charge is 0.507 e. The third kappa shape index (κ3) is 6.15. The quantitative estimate of drug-likeness (QED) is 0.110. The number of benzene rings is 3. The Kier molecular flexibility index (Phi) is 9.24. The number of aliphatic hydroxyl groups excluding tert-OH is 2. The van der Waals surface area contributed by atoms with E-state index >= 15 is 0 Å². The Morgan fingerprint density at radius 1 is 1.04 bits per heavy atom. The molecule has 17 heteroatoms. The first kappa shape index (κ1) is 36.0. The number of ether oxygens (including phenoxy) is 3. The first-order valence-electron chi connectivity index (χ1n) is 15.6. The highest BCUT2D eigenvalue weighted by Crippen LogP contribution is 2.52. The maximum Gasteiger partial charge on any atom is 0.332 e. The van der Waals surface area contributed by atoms with Gasteiger partial charge in [-0.3, -0.25) is 19.2 Å². The molecule has 3 aromatic carbocycles. The minimum Gasteiger partial charge on any atom is -0.507 e. The highest BCUT2D eigenvalue weighted by atomic mass is 32.3. The van der Waals surface area contributed by atoms with Gasteiger partial charge in [-0.05, 0) is 37.3 Å². The fourth-order valence-corrected chi connectivity index (χ4v) is 7.34. The molecule has 0 spiro atoms. The number of phenols is 2. The van der Waals surface area contributed by atoms with E-state index in [9.17, 15) is 57.0 Å². The molecule has 6 atom stereocenters. The van der Waals surface area contributed by atoms with Gasteiger partial charge in [-0.25, -0.2) is 0 Å². The fraction of sp³-hybridized carbons (Fsp3) is 0.353. The van der Waals surface area contributed by atoms with Crippen molar-refractivity contribution in [1.82, 2.24) is 5.32 Å². The summed E-state index contributed by atoms with van der Waals surface area (Å²) in [6.45, 7) is 0.339. The van der Waals surface area contributed by atoms with Crippen LogP contribution in [0.2, 0.25) is 0 Å². The van der Waals surface area contributed by atoms with Crippen LogP contribution in [0.15, 0.2) is 47.4 Å². The van der Waals surface area contributed by atoms with Crippen LogP contribution in [0.25, 0.3) is 0 Å². The number of halogens is 1. The van der Waals surface area contributed by atoms with Crippen molar-refractivity contribution >= 4 is 33.5 Å². The molecule has 6 N–H and O–H groups in total. The summed E-state index contributed by atoms with van der Waals surface area (Å²) in [5, 5.41) is 57.8. The molecule has 6 rings (SSSR count). The maximum atomic E-state index is 13.9. The highest BCUT2D eigenvalue weighted by molar-refractivity contribution is 7.86. The molecule has 0 aromatic heterocycles. The molecule has 15 nitrogen and oxygen atoms in total. The average Bonchev–Trinajstić information content (AvgIpc) is 3.09. The monoisotopic (exact) mass is 729 g/mol. The molecule has 1 heterocycles. The van der Waals surface area contributed by atoms with Crippen molar-refractivity contribution in [2.75, 3.05) is 13.7 Å². The van der Waals surface area contributed by atoms with Crippen LogP contribution in [-0.2, 0) is 30.9 Å². The number of rotatable bonds is 8. The van der Waals surface area contributed by atoms with E-state index in [1.165, 1.54) is 32.2 Å². The number of hydrogen-bond acceptors (Lipinski definition) is 14. The lowest BCUT2D eigenvalue weighted by molar-refractivity contribution is -0.249. The van der Waals surface area contributed by atoms with Crippen molar-refractivity contribution in [1.29, 1.82) is 0 Å². The molecule has 0 radical (unpaired) electrons. The summed E-state index contributed by atoms with van der Waals surface area (Å²) in [6, 6.07) is 7.07. The first-order chi connectivity index (χ1) is 24.0. The van der Waals surface area contributed by atoms with Crippen LogP contribution in [0.1, 0.15) is 79.2 Å². The minimum absolute atomic E-state index is 0.0310. The number of amides is 1. The Morgan fingerprint density at radius 2 is 1.71 bits per heavy atom. The van der Waals surface area contributed by atoms with Crippen molar-refractivity contribution in [2.24, 2.45) is 0 Å². The smallest absolute Gasteiger partial charge is 0.332 e. The lowest BCUT2D eigenvalue weighted by Crippen LogP contribution is -2.55. The van der Waals surface area contributed by atoms with E-state index < -0.39 is 117 Å². The van der Waals surface area contributed by atoms with Crippen molar-refractivity contribution < 1.29 is 71.2 Å². The molecule has 3 aliphatic rings. The van der Waals surface area contributed by atoms with Gasteiger partial charge in [0.15, 0.2) is 17.9 Å². The molecule has 1 aliphatic heterocycles. The average molecular weight is 730 g/mol. The molecule has 1 amide bonds. The molecule has 3 aromatic rings. The third-order valence-corrected chi connectivity index (χ3v) is 10.3. The van der Waals surface area contributed by atoms with Gasteiger partial charge in [0.1, 0.15) is 35.6 Å². The summed E-state index contributed by atoms with van der Waals surface area (Å²) in [4.78, 5) is 52.7. The molecule has 0 saturated carbocycles. The number of carbonyl (C=O) groups excluding carboxylic acids is 4. The van der Waals surface area contributed by atoms with E-state index in [0.29, 0.717) is 0 Å². The van der Waals surface area contributed by atoms with Crippen LogP contribution in [0.5, 0.6) is 17.2 Å². The molecule has 1 saturated heterocycles. The predicted molar refractivity (Wildman–Crippen MR) is 170 cm³/mol. The van der Waals surface area contributed by atoms with Gasteiger partial charge in [-0.2, -0.15) is 8.42 Å². The number of aliphatic hydroxyl groups is 3. The summed E-state index contributed by atoms with van der Waals surface area (Å²) in [7, 11) is -3.73. The maximum absolute atomic E-state index is 13.9. The third-order valence-electron chi connectivity index (χ3n) is 9.48. The zero-order valence-electron chi connectivity index (χ0n) is 27.0. The van der Waals surface area contributed by atoms with Crippen molar-refractivity contribution in [3.05, 3.63) is 81.4 Å². The summed E-state index contributed by atoms with van der Waals surface area (Å²) >= 11 is 0. The summed E-state index contributed by atoms with van der Waals surface area (Å²) < 4.78 is 52.9. The zero-order chi connectivity index (χ0) is 37.2. The Bertz CT molecular complexity index is 2080. The Morgan fingerprint density at radius 3 is 2.33 bits per heavy atom. The second-order valence-corrected chi connectivity index (χ2v) is 13.9. The fourth-order valence-electron chi connectivity index (χ4n) is 6.88. The number of ketones is 3. The van der Waals surface area contributed by atoms with Crippen molar-refractivity contribution in [3.8, 4) is 17.2 Å². The van der Waals surface area contributed by atoms with Gasteiger partial charge < -0.3 is 45.1 Å². The standard InChI is InChI=1S/C34H32FNO14S/c1-14-28(39)19(36-33(44)15-6-8-16(9-7-15)51(35,46)47)10-23(49-14)50-21-12-34(45,22(38)13-37)11-18-25(21)32(43)27-26(30(18)41)29(40)17-4-3-5-20(48-2)24(17)31(27)42/h3-9,14,19,21,23,28,37,39,41,43,45H,10-13H2,1-2H3,(H,36,44)/t14?,19?,21-,23?,28?,34+/m0/s1. The highest BCUT2D eigenvalue weighted by Gasteiger charge is 2.50. The van der Waals surface area contributed by atoms with Crippen LogP contribution >= 0.6 is 0 Å². The molecule has 51 heavy (non-hydrogen) atoms. The number of carbonyl (C=O) groups is 4. The van der Waals surface area contributed by atoms with Crippen molar-refractivity contribution in [2.45, 2.75) is 67.3 Å². The molecule has 4 unspecified atom stereocenters. The minimum atomic E-state index is -5.01. The normalized spacial score (nSPS) is 25.7. The second-order valence-electron chi connectivity index (χ2n) is 12.5. The lowest BCUT2D eigenvalue weighted by atomic mass is 9.72. The first-order valence-corrected chi connectivity index (χ1v) is 17.0. The summed E-state index contributed by atoms with van der Waals surface area (Å²) in [5.41, 5.74) is -4.41. The number of fused-ring (bicyclic) bond motifs is 3. The van der Waals surface area contributed by atoms with Gasteiger partial charge in [-0.15, -0.1) is 3.89 Å². The number of hydrogen-bond donors (Lipinski definition) is 6. The van der Waals surface area contributed by atoms with Crippen LogP contribution in [0.4, 0.5) is 3.89 Å². The lowest BCUT2D eigenvalue weighted by Gasteiger charge is -2.43. The molecule has 1 fully saturated rings. The zero-order valence-corrected chi connectivity index (χ0v) is 27.8. The molecule has 270 valence electrons. The van der Waals surface area contributed by atoms with Crippen LogP contribution in [0.3, 0.4) is 0 Å². The molecular formula is C34H32FNO14S. The van der Waals surface area contributed by atoms with Crippen LogP contribution < -0.4 is 10.1 Å².